The first-order valence-electron chi connectivity index (χ1n) is 11.1. The Balaban J connectivity index is 1.55. The third kappa shape index (κ3) is 6.53. The summed E-state index contributed by atoms with van der Waals surface area (Å²) in [7, 11) is 1.79. The molecule has 0 aliphatic carbocycles. The largest absolute Gasteiger partial charge is 0.444 e. The lowest BCUT2D eigenvalue weighted by Gasteiger charge is -2.19. The molecule has 1 unspecified atom stereocenters. The van der Waals surface area contributed by atoms with Crippen molar-refractivity contribution < 1.29 is 23.9 Å². The molecule has 1 atom stereocenters. The molecule has 3 N–H and O–H groups in total. The van der Waals surface area contributed by atoms with Crippen molar-refractivity contribution in [3.8, 4) is 0 Å². The molecule has 1 aliphatic rings. The molecule has 0 spiro atoms. The van der Waals surface area contributed by atoms with Gasteiger partial charge in [-0.1, -0.05) is 0 Å². The van der Waals surface area contributed by atoms with Gasteiger partial charge in [0.1, 0.15) is 5.60 Å². The molecule has 0 radical (unpaired) electrons. The third-order valence-corrected chi connectivity index (χ3v) is 5.23. The number of aryl methyl sites for hydroxylation is 1. The van der Waals surface area contributed by atoms with Crippen LogP contribution in [0.5, 0.6) is 0 Å². The number of carbonyl (C=O) groups excluding carboxylic acids is 4. The predicted octanol–water partition coefficient (Wildman–Crippen LogP) is 2.73. The maximum absolute atomic E-state index is 12.4. The van der Waals surface area contributed by atoms with Crippen molar-refractivity contribution in [3.05, 3.63) is 23.9 Å². The molecular weight excluding hydrogens is 426 g/mol. The SMILES string of the molecule is Cn1nc(C2CCC(=O)NC2=O)c2cc(NC(=O)CCCCNC(=O)OC(C)(C)C)ccc21. The maximum atomic E-state index is 12.4. The van der Waals surface area contributed by atoms with E-state index in [1.54, 1.807) is 38.6 Å². The minimum atomic E-state index is -0.544. The first kappa shape index (κ1) is 24.2. The van der Waals surface area contributed by atoms with Crippen LogP contribution in [0.1, 0.15) is 64.5 Å². The van der Waals surface area contributed by atoms with E-state index < -0.39 is 17.6 Å². The predicted molar refractivity (Wildman–Crippen MR) is 123 cm³/mol. The van der Waals surface area contributed by atoms with E-state index in [4.69, 9.17) is 4.74 Å². The van der Waals surface area contributed by atoms with Gasteiger partial charge in [0, 0.05) is 37.5 Å². The summed E-state index contributed by atoms with van der Waals surface area (Å²) >= 11 is 0. The first-order valence-corrected chi connectivity index (χ1v) is 11.1. The number of carbonyl (C=O) groups is 4. The summed E-state index contributed by atoms with van der Waals surface area (Å²) in [6, 6.07) is 5.45. The average Bonchev–Trinajstić information content (AvgIpc) is 3.02. The van der Waals surface area contributed by atoms with Crippen molar-refractivity contribution in [1.29, 1.82) is 0 Å². The number of imide groups is 1. The summed E-state index contributed by atoms with van der Waals surface area (Å²) in [5.74, 6) is -1.26. The van der Waals surface area contributed by atoms with Gasteiger partial charge in [-0.15, -0.1) is 0 Å². The lowest BCUT2D eigenvalue weighted by Crippen LogP contribution is -2.39. The van der Waals surface area contributed by atoms with Gasteiger partial charge in [0.25, 0.3) is 0 Å². The summed E-state index contributed by atoms with van der Waals surface area (Å²) in [5, 5.41) is 13.2. The normalized spacial score (nSPS) is 16.4. The number of unbranched alkanes of at least 4 members (excludes halogenated alkanes) is 1. The van der Waals surface area contributed by atoms with Crippen LogP contribution in [-0.2, 0) is 26.2 Å². The number of fused-ring (bicyclic) bond motifs is 1. The average molecular weight is 458 g/mol. The lowest BCUT2D eigenvalue weighted by atomic mass is 9.93. The Hall–Kier alpha value is -3.43. The topological polar surface area (TPSA) is 131 Å². The number of rotatable bonds is 7. The minimum absolute atomic E-state index is 0.141. The first-order chi connectivity index (χ1) is 15.5. The number of nitrogens with zero attached hydrogens (tertiary/aromatic N) is 2. The van der Waals surface area contributed by atoms with E-state index in [0.29, 0.717) is 43.6 Å². The van der Waals surface area contributed by atoms with Crippen molar-refractivity contribution in [2.75, 3.05) is 11.9 Å². The molecule has 4 amide bonds. The fourth-order valence-electron chi connectivity index (χ4n) is 3.72. The van der Waals surface area contributed by atoms with Gasteiger partial charge in [-0.25, -0.2) is 4.79 Å². The highest BCUT2D eigenvalue weighted by atomic mass is 16.6. The van der Waals surface area contributed by atoms with Crippen LogP contribution in [-0.4, -0.2) is 45.7 Å². The zero-order valence-corrected chi connectivity index (χ0v) is 19.5. The smallest absolute Gasteiger partial charge is 0.407 e. The Kier molecular flexibility index (Phi) is 7.35. The Morgan fingerprint density at radius 1 is 1.24 bits per heavy atom. The van der Waals surface area contributed by atoms with E-state index in [0.717, 1.165) is 10.9 Å². The number of aromatic nitrogens is 2. The number of ether oxygens (including phenoxy) is 1. The van der Waals surface area contributed by atoms with E-state index in [1.165, 1.54) is 0 Å². The van der Waals surface area contributed by atoms with E-state index in [1.807, 2.05) is 12.1 Å². The van der Waals surface area contributed by atoms with Gasteiger partial charge in [-0.2, -0.15) is 5.10 Å². The molecule has 10 nitrogen and oxygen atoms in total. The summed E-state index contributed by atoms with van der Waals surface area (Å²) < 4.78 is 6.86. The van der Waals surface area contributed by atoms with Crippen LogP contribution in [0.2, 0.25) is 0 Å². The molecule has 1 saturated heterocycles. The highest BCUT2D eigenvalue weighted by molar-refractivity contribution is 6.03. The molecule has 1 aromatic heterocycles. The maximum Gasteiger partial charge on any atom is 0.407 e. The van der Waals surface area contributed by atoms with Gasteiger partial charge < -0.3 is 15.4 Å². The Morgan fingerprint density at radius 3 is 2.70 bits per heavy atom. The number of alkyl carbamates (subject to hydrolysis) is 1. The van der Waals surface area contributed by atoms with Crippen molar-refractivity contribution in [2.45, 2.75) is 64.4 Å². The molecule has 3 rings (SSSR count). The third-order valence-electron chi connectivity index (χ3n) is 5.23. The number of nitrogens with one attached hydrogen (secondary N) is 3. The van der Waals surface area contributed by atoms with Crippen molar-refractivity contribution >= 4 is 40.4 Å². The molecule has 0 saturated carbocycles. The molecule has 10 heteroatoms. The van der Waals surface area contributed by atoms with Crippen LogP contribution < -0.4 is 16.0 Å². The summed E-state index contributed by atoms with van der Waals surface area (Å²) in [5.41, 5.74) is 1.50. The Morgan fingerprint density at radius 2 is 2.00 bits per heavy atom. The van der Waals surface area contributed by atoms with Gasteiger partial charge >= 0.3 is 6.09 Å². The van der Waals surface area contributed by atoms with Crippen molar-refractivity contribution in [3.63, 3.8) is 0 Å². The molecule has 1 aromatic carbocycles. The Labute approximate surface area is 192 Å². The minimum Gasteiger partial charge on any atom is -0.444 e. The highest BCUT2D eigenvalue weighted by Gasteiger charge is 2.31. The number of anilines is 1. The quantitative estimate of drug-likeness (QED) is 0.433. The molecular formula is C23H31N5O5. The molecule has 178 valence electrons. The van der Waals surface area contributed by atoms with Crippen LogP contribution in [0.25, 0.3) is 10.9 Å². The van der Waals surface area contributed by atoms with Gasteiger partial charge in [0.2, 0.25) is 17.7 Å². The molecule has 1 aliphatic heterocycles. The fraction of sp³-hybridized carbons (Fsp3) is 0.522. The summed E-state index contributed by atoms with van der Waals surface area (Å²) in [4.78, 5) is 47.8. The van der Waals surface area contributed by atoms with E-state index in [-0.39, 0.29) is 24.1 Å². The molecule has 0 bridgehead atoms. The van der Waals surface area contributed by atoms with E-state index in [2.05, 4.69) is 21.0 Å². The van der Waals surface area contributed by atoms with Crippen LogP contribution in [0.4, 0.5) is 10.5 Å². The number of amides is 4. The zero-order valence-electron chi connectivity index (χ0n) is 19.5. The second-order valence-corrected chi connectivity index (χ2v) is 9.18. The number of hydrogen-bond donors (Lipinski definition) is 3. The standard InChI is InChI=1S/C23H31N5O5/c1-23(2,3)33-22(32)24-12-6-5-7-18(29)25-14-8-10-17-16(13-14)20(27-28(17)4)15-9-11-19(30)26-21(15)31/h8,10,13,15H,5-7,9,11-12H2,1-4H3,(H,24,32)(H,25,29)(H,26,30,31). The van der Waals surface area contributed by atoms with Gasteiger partial charge in [-0.3, -0.25) is 24.4 Å². The second kappa shape index (κ2) is 10.0. The summed E-state index contributed by atoms with van der Waals surface area (Å²) in [6.07, 6.45) is 1.77. The number of hydrogen-bond acceptors (Lipinski definition) is 6. The van der Waals surface area contributed by atoms with E-state index >= 15 is 0 Å². The molecule has 2 heterocycles. The van der Waals surface area contributed by atoms with Gasteiger partial charge in [0.15, 0.2) is 0 Å². The van der Waals surface area contributed by atoms with E-state index in [9.17, 15) is 19.2 Å². The second-order valence-electron chi connectivity index (χ2n) is 9.18. The van der Waals surface area contributed by atoms with Gasteiger partial charge in [0.05, 0.1) is 17.1 Å². The lowest BCUT2D eigenvalue weighted by molar-refractivity contribution is -0.134. The van der Waals surface area contributed by atoms with Crippen LogP contribution in [0, 0.1) is 0 Å². The zero-order chi connectivity index (χ0) is 24.2. The summed E-state index contributed by atoms with van der Waals surface area (Å²) in [6.45, 7) is 5.83. The molecule has 33 heavy (non-hydrogen) atoms. The Bertz CT molecular complexity index is 1070. The highest BCUT2D eigenvalue weighted by Crippen LogP contribution is 2.31. The fourth-order valence-corrected chi connectivity index (χ4v) is 3.72. The van der Waals surface area contributed by atoms with Crippen LogP contribution in [0.3, 0.4) is 0 Å². The molecule has 1 fully saturated rings. The van der Waals surface area contributed by atoms with Crippen molar-refractivity contribution in [2.24, 2.45) is 7.05 Å². The number of benzene rings is 1. The monoisotopic (exact) mass is 457 g/mol. The van der Waals surface area contributed by atoms with Crippen LogP contribution >= 0.6 is 0 Å². The number of piperidine rings is 1. The van der Waals surface area contributed by atoms with Crippen molar-refractivity contribution in [1.82, 2.24) is 20.4 Å². The van der Waals surface area contributed by atoms with Crippen LogP contribution in [0.15, 0.2) is 18.2 Å². The van der Waals surface area contributed by atoms with Gasteiger partial charge in [-0.05, 0) is 58.2 Å². The molecule has 2 aromatic rings.